The molecule has 1 N–H and O–H groups in total. The lowest BCUT2D eigenvalue weighted by atomic mass is 9.84. The highest BCUT2D eigenvalue weighted by Crippen LogP contribution is 2.32. The first-order valence-corrected chi connectivity index (χ1v) is 5.71. The quantitative estimate of drug-likeness (QED) is 0.848. The minimum atomic E-state index is -0.413. The summed E-state index contributed by atoms with van der Waals surface area (Å²) in [6, 6.07) is 8.12. The van der Waals surface area contributed by atoms with Crippen molar-refractivity contribution in [3.8, 4) is 0 Å². The molecule has 0 fully saturated rings. The topological polar surface area (TPSA) is 29.5 Å². The molecule has 0 saturated heterocycles. The van der Waals surface area contributed by atoms with Gasteiger partial charge < -0.3 is 9.84 Å². The summed E-state index contributed by atoms with van der Waals surface area (Å²) < 4.78 is 5.03. The molecular formula is C14H22O2. The number of aliphatic hydroxyl groups excluding tert-OH is 1. The lowest BCUT2D eigenvalue weighted by molar-refractivity contribution is 0.0626. The number of hydrogen-bond donors (Lipinski definition) is 1. The van der Waals surface area contributed by atoms with E-state index in [1.807, 2.05) is 32.9 Å². The van der Waals surface area contributed by atoms with Gasteiger partial charge in [-0.1, -0.05) is 45.0 Å². The van der Waals surface area contributed by atoms with Crippen LogP contribution in [-0.2, 0) is 11.2 Å². The van der Waals surface area contributed by atoms with Gasteiger partial charge in [0.15, 0.2) is 0 Å². The van der Waals surface area contributed by atoms with Gasteiger partial charge in [0.2, 0.25) is 0 Å². The third-order valence-corrected chi connectivity index (χ3v) is 2.71. The van der Waals surface area contributed by atoms with Crippen molar-refractivity contribution in [3.05, 3.63) is 35.4 Å². The van der Waals surface area contributed by atoms with Crippen LogP contribution < -0.4 is 0 Å². The number of methoxy groups -OCH3 is 1. The average molecular weight is 222 g/mol. The molecule has 0 amide bonds. The highest BCUT2D eigenvalue weighted by molar-refractivity contribution is 5.25. The predicted octanol–water partition coefficient (Wildman–Crippen LogP) is 2.96. The molecule has 0 saturated carbocycles. The van der Waals surface area contributed by atoms with Gasteiger partial charge in [0.1, 0.15) is 0 Å². The Bertz CT molecular complexity index is 309. The molecule has 2 nitrogen and oxygen atoms in total. The second kappa shape index (κ2) is 5.46. The minimum absolute atomic E-state index is 0.117. The Hall–Kier alpha value is -0.860. The summed E-state index contributed by atoms with van der Waals surface area (Å²) >= 11 is 0. The molecule has 0 aromatic heterocycles. The van der Waals surface area contributed by atoms with Crippen molar-refractivity contribution in [2.75, 3.05) is 13.7 Å². The lowest BCUT2D eigenvalue weighted by Gasteiger charge is -2.26. The summed E-state index contributed by atoms with van der Waals surface area (Å²) in [4.78, 5) is 0. The molecule has 1 aromatic carbocycles. The SMILES string of the molecule is COCCc1ccc(C(O)C(C)(C)C)cc1. The Morgan fingerprint density at radius 1 is 1.19 bits per heavy atom. The number of rotatable bonds is 4. The van der Waals surface area contributed by atoms with Gasteiger partial charge in [-0.2, -0.15) is 0 Å². The van der Waals surface area contributed by atoms with E-state index in [0.717, 1.165) is 18.6 Å². The Morgan fingerprint density at radius 3 is 2.19 bits per heavy atom. The standard InChI is InChI=1S/C14H22O2/c1-14(2,3)13(15)12-7-5-11(6-8-12)9-10-16-4/h5-8,13,15H,9-10H2,1-4H3. The van der Waals surface area contributed by atoms with E-state index in [2.05, 4.69) is 12.1 Å². The normalized spacial score (nSPS) is 13.8. The second-order valence-corrected chi connectivity index (χ2v) is 5.25. The molecule has 0 heterocycles. The average Bonchev–Trinajstić information content (AvgIpc) is 2.25. The van der Waals surface area contributed by atoms with E-state index < -0.39 is 6.10 Å². The molecule has 0 aliphatic carbocycles. The maximum Gasteiger partial charge on any atom is 0.0838 e. The summed E-state index contributed by atoms with van der Waals surface area (Å²) in [7, 11) is 1.71. The largest absolute Gasteiger partial charge is 0.388 e. The molecule has 1 rings (SSSR count). The van der Waals surface area contributed by atoms with E-state index in [9.17, 15) is 5.11 Å². The maximum atomic E-state index is 10.1. The van der Waals surface area contributed by atoms with E-state index in [4.69, 9.17) is 4.74 Å². The Balaban J connectivity index is 2.71. The second-order valence-electron chi connectivity index (χ2n) is 5.25. The van der Waals surface area contributed by atoms with Gasteiger partial charge in [-0.25, -0.2) is 0 Å². The summed E-state index contributed by atoms with van der Waals surface area (Å²) in [5.74, 6) is 0. The molecule has 1 unspecified atom stereocenters. The van der Waals surface area contributed by atoms with Crippen molar-refractivity contribution in [2.45, 2.75) is 33.3 Å². The molecule has 90 valence electrons. The highest BCUT2D eigenvalue weighted by Gasteiger charge is 2.23. The first kappa shape index (κ1) is 13.2. The van der Waals surface area contributed by atoms with Gasteiger partial charge in [-0.15, -0.1) is 0 Å². The fourth-order valence-electron chi connectivity index (χ4n) is 1.59. The van der Waals surface area contributed by atoms with E-state index in [1.54, 1.807) is 7.11 Å². The maximum absolute atomic E-state index is 10.1. The highest BCUT2D eigenvalue weighted by atomic mass is 16.5. The third-order valence-electron chi connectivity index (χ3n) is 2.71. The zero-order valence-electron chi connectivity index (χ0n) is 10.7. The van der Waals surface area contributed by atoms with Crippen LogP contribution in [-0.4, -0.2) is 18.8 Å². The zero-order valence-corrected chi connectivity index (χ0v) is 10.7. The van der Waals surface area contributed by atoms with Crippen molar-refractivity contribution < 1.29 is 9.84 Å². The molecular weight excluding hydrogens is 200 g/mol. The Kier molecular flexibility index (Phi) is 4.51. The molecule has 2 heteroatoms. The summed E-state index contributed by atoms with van der Waals surface area (Å²) in [5.41, 5.74) is 2.11. The van der Waals surface area contributed by atoms with Crippen LogP contribution in [0.15, 0.2) is 24.3 Å². The van der Waals surface area contributed by atoms with Crippen molar-refractivity contribution in [3.63, 3.8) is 0 Å². The molecule has 1 aromatic rings. The number of aliphatic hydroxyl groups is 1. The van der Waals surface area contributed by atoms with Crippen LogP contribution in [0.2, 0.25) is 0 Å². The molecule has 0 radical (unpaired) electrons. The number of hydrogen-bond acceptors (Lipinski definition) is 2. The molecule has 0 spiro atoms. The van der Waals surface area contributed by atoms with Gasteiger partial charge >= 0.3 is 0 Å². The van der Waals surface area contributed by atoms with Crippen molar-refractivity contribution >= 4 is 0 Å². The van der Waals surface area contributed by atoms with Crippen molar-refractivity contribution in [1.29, 1.82) is 0 Å². The number of benzene rings is 1. The molecule has 0 aliphatic heterocycles. The van der Waals surface area contributed by atoms with E-state index in [-0.39, 0.29) is 5.41 Å². The predicted molar refractivity (Wildman–Crippen MR) is 66.4 cm³/mol. The van der Waals surface area contributed by atoms with Gasteiger partial charge in [0, 0.05) is 7.11 Å². The zero-order chi connectivity index (χ0) is 12.2. The first-order valence-electron chi connectivity index (χ1n) is 5.71. The van der Waals surface area contributed by atoms with Crippen LogP contribution in [0.1, 0.15) is 38.0 Å². The van der Waals surface area contributed by atoms with Crippen LogP contribution in [0.3, 0.4) is 0 Å². The Morgan fingerprint density at radius 2 is 1.75 bits per heavy atom. The number of ether oxygens (including phenoxy) is 1. The van der Waals surface area contributed by atoms with E-state index >= 15 is 0 Å². The molecule has 0 bridgehead atoms. The molecule has 0 aliphatic rings. The molecule has 16 heavy (non-hydrogen) atoms. The Labute approximate surface area is 98.3 Å². The van der Waals surface area contributed by atoms with Crippen LogP contribution in [0, 0.1) is 5.41 Å². The molecule has 1 atom stereocenters. The van der Waals surface area contributed by atoms with E-state index in [0.29, 0.717) is 0 Å². The monoisotopic (exact) mass is 222 g/mol. The van der Waals surface area contributed by atoms with Crippen LogP contribution in [0.4, 0.5) is 0 Å². The van der Waals surface area contributed by atoms with Crippen molar-refractivity contribution in [2.24, 2.45) is 5.41 Å². The van der Waals surface area contributed by atoms with E-state index in [1.165, 1.54) is 5.56 Å². The summed E-state index contributed by atoms with van der Waals surface area (Å²) in [6.45, 7) is 6.85. The van der Waals surface area contributed by atoms with Gasteiger partial charge in [0.25, 0.3) is 0 Å². The van der Waals surface area contributed by atoms with Gasteiger partial charge in [-0.05, 0) is 23.0 Å². The van der Waals surface area contributed by atoms with Crippen LogP contribution in [0.25, 0.3) is 0 Å². The first-order chi connectivity index (χ1) is 7.45. The van der Waals surface area contributed by atoms with Gasteiger partial charge in [-0.3, -0.25) is 0 Å². The van der Waals surface area contributed by atoms with Crippen LogP contribution in [0.5, 0.6) is 0 Å². The lowest BCUT2D eigenvalue weighted by Crippen LogP contribution is -2.17. The van der Waals surface area contributed by atoms with Crippen molar-refractivity contribution in [1.82, 2.24) is 0 Å². The third kappa shape index (κ3) is 3.62. The minimum Gasteiger partial charge on any atom is -0.388 e. The fraction of sp³-hybridized carbons (Fsp3) is 0.571. The van der Waals surface area contributed by atoms with Crippen LogP contribution >= 0.6 is 0 Å². The smallest absolute Gasteiger partial charge is 0.0838 e. The van der Waals surface area contributed by atoms with Gasteiger partial charge in [0.05, 0.1) is 12.7 Å². The fourth-order valence-corrected chi connectivity index (χ4v) is 1.59. The summed E-state index contributed by atoms with van der Waals surface area (Å²) in [6.07, 6.45) is 0.506. The summed E-state index contributed by atoms with van der Waals surface area (Å²) in [5, 5.41) is 10.1.